The highest BCUT2D eigenvalue weighted by Crippen LogP contribution is 2.29. The Hall–Kier alpha value is -3.78. The minimum absolute atomic E-state index is 0.612. The Morgan fingerprint density at radius 3 is 2.44 bits per heavy atom. The minimum atomic E-state index is 0.612. The summed E-state index contributed by atoms with van der Waals surface area (Å²) >= 11 is 0. The van der Waals surface area contributed by atoms with Gasteiger partial charge in [-0.05, 0) is 36.9 Å². The monoisotopic (exact) mass is 424 g/mol. The third-order valence-electron chi connectivity index (χ3n) is 6.20. The maximum atomic E-state index is 4.79. The molecule has 160 valence electrons. The van der Waals surface area contributed by atoms with Gasteiger partial charge in [-0.3, -0.25) is 4.68 Å². The van der Waals surface area contributed by atoms with E-state index in [1.54, 1.807) is 10.9 Å². The quantitative estimate of drug-likeness (QED) is 0.479. The summed E-state index contributed by atoms with van der Waals surface area (Å²) in [5, 5.41) is 5.41. The van der Waals surface area contributed by atoms with Gasteiger partial charge in [-0.2, -0.15) is 5.10 Å². The number of likely N-dealkylation sites (N-methyl/N-ethyl adjacent to an activating group) is 1. The Balaban J connectivity index is 1.36. The second-order valence-corrected chi connectivity index (χ2v) is 8.41. The van der Waals surface area contributed by atoms with E-state index in [0.29, 0.717) is 5.82 Å². The van der Waals surface area contributed by atoms with Crippen molar-refractivity contribution in [1.29, 1.82) is 0 Å². The fraction of sp³-hybridized carbons (Fsp3) is 0.250. The molecule has 32 heavy (non-hydrogen) atoms. The molecule has 1 aliphatic heterocycles. The summed E-state index contributed by atoms with van der Waals surface area (Å²) in [6.45, 7) is 4.34. The van der Waals surface area contributed by atoms with Gasteiger partial charge in [0.1, 0.15) is 16.9 Å². The lowest BCUT2D eigenvalue weighted by Crippen LogP contribution is -2.44. The van der Waals surface area contributed by atoms with Crippen LogP contribution in [0.2, 0.25) is 0 Å². The second kappa shape index (κ2) is 7.42. The van der Waals surface area contributed by atoms with Crippen LogP contribution in [0.15, 0.2) is 55.0 Å². The predicted molar refractivity (Wildman–Crippen MR) is 127 cm³/mol. The summed E-state index contributed by atoms with van der Waals surface area (Å²) < 4.78 is 1.75. The van der Waals surface area contributed by atoms with Crippen LogP contribution in [0.4, 0.5) is 5.69 Å². The van der Waals surface area contributed by atoms with E-state index in [1.807, 2.05) is 25.5 Å². The van der Waals surface area contributed by atoms with Crippen LogP contribution in [-0.4, -0.2) is 67.8 Å². The Labute approximate surface area is 185 Å². The molecule has 0 atom stereocenters. The van der Waals surface area contributed by atoms with Crippen LogP contribution in [0, 0.1) is 0 Å². The number of rotatable bonds is 3. The highest BCUT2D eigenvalue weighted by atomic mass is 15.3. The molecule has 1 aromatic carbocycles. The Kier molecular flexibility index (Phi) is 4.39. The Morgan fingerprint density at radius 2 is 1.69 bits per heavy atom. The summed E-state index contributed by atoms with van der Waals surface area (Å²) in [5.41, 5.74) is 6.79. The van der Waals surface area contributed by atoms with Crippen molar-refractivity contribution in [2.75, 3.05) is 38.1 Å². The number of anilines is 1. The summed E-state index contributed by atoms with van der Waals surface area (Å²) in [6.07, 6.45) is 5.61. The fourth-order valence-corrected chi connectivity index (χ4v) is 4.30. The van der Waals surface area contributed by atoms with E-state index in [4.69, 9.17) is 4.98 Å². The highest BCUT2D eigenvalue weighted by molar-refractivity contribution is 6.04. The number of hydrogen-bond acceptors (Lipinski definition) is 6. The molecule has 1 N–H and O–H groups in total. The second-order valence-electron chi connectivity index (χ2n) is 8.41. The lowest BCUT2D eigenvalue weighted by atomic mass is 10.1. The van der Waals surface area contributed by atoms with Crippen molar-refractivity contribution in [3.8, 4) is 22.6 Å². The van der Waals surface area contributed by atoms with E-state index in [-0.39, 0.29) is 0 Å². The molecule has 0 unspecified atom stereocenters. The van der Waals surface area contributed by atoms with Crippen molar-refractivity contribution in [3.63, 3.8) is 0 Å². The van der Waals surface area contributed by atoms with Gasteiger partial charge in [-0.25, -0.2) is 15.0 Å². The van der Waals surface area contributed by atoms with Gasteiger partial charge in [0, 0.05) is 62.3 Å². The van der Waals surface area contributed by atoms with Gasteiger partial charge in [0.2, 0.25) is 0 Å². The molecular formula is C24H24N8. The molecule has 1 aliphatic rings. The summed E-state index contributed by atoms with van der Waals surface area (Å²) in [7, 11) is 4.07. The Morgan fingerprint density at radius 1 is 0.875 bits per heavy atom. The van der Waals surface area contributed by atoms with Crippen LogP contribution >= 0.6 is 0 Å². The Bertz CT molecular complexity index is 1410. The maximum absolute atomic E-state index is 4.79. The highest BCUT2D eigenvalue weighted by Gasteiger charge is 2.15. The SMILES string of the molecule is CN1CCN(c2ccc(-c3cnc4[nH]c5cnc(-c6ccn(C)n6)nc5c4c3)cc2)CC1. The fourth-order valence-electron chi connectivity index (χ4n) is 4.30. The molecule has 5 aromatic rings. The van der Waals surface area contributed by atoms with Crippen LogP contribution in [0.1, 0.15) is 0 Å². The zero-order chi connectivity index (χ0) is 21.7. The van der Waals surface area contributed by atoms with Crippen molar-refractivity contribution >= 4 is 27.8 Å². The van der Waals surface area contributed by atoms with Gasteiger partial charge in [0.15, 0.2) is 5.82 Å². The number of aromatic nitrogens is 6. The van der Waals surface area contributed by atoms with Crippen molar-refractivity contribution in [3.05, 3.63) is 55.0 Å². The lowest BCUT2D eigenvalue weighted by Gasteiger charge is -2.34. The zero-order valence-electron chi connectivity index (χ0n) is 18.2. The number of aromatic amines is 1. The molecule has 6 rings (SSSR count). The van der Waals surface area contributed by atoms with Crippen molar-refractivity contribution in [2.45, 2.75) is 0 Å². The van der Waals surface area contributed by atoms with Gasteiger partial charge in [0.05, 0.1) is 11.7 Å². The van der Waals surface area contributed by atoms with Crippen LogP contribution in [0.5, 0.6) is 0 Å². The third kappa shape index (κ3) is 3.29. The van der Waals surface area contributed by atoms with E-state index in [2.05, 4.69) is 67.2 Å². The molecule has 8 heteroatoms. The minimum Gasteiger partial charge on any atom is -0.369 e. The average Bonchev–Trinajstić information content (AvgIpc) is 3.42. The molecule has 0 radical (unpaired) electrons. The van der Waals surface area contributed by atoms with Gasteiger partial charge in [-0.1, -0.05) is 12.1 Å². The van der Waals surface area contributed by atoms with Crippen LogP contribution < -0.4 is 4.90 Å². The summed E-state index contributed by atoms with van der Waals surface area (Å²) in [6, 6.07) is 12.9. The number of aryl methyl sites for hydroxylation is 1. The molecule has 1 saturated heterocycles. The zero-order valence-corrected chi connectivity index (χ0v) is 18.2. The van der Waals surface area contributed by atoms with E-state index in [0.717, 1.165) is 65.1 Å². The maximum Gasteiger partial charge on any atom is 0.180 e. The molecule has 0 aliphatic carbocycles. The van der Waals surface area contributed by atoms with Crippen LogP contribution in [-0.2, 0) is 7.05 Å². The first-order chi connectivity index (χ1) is 15.6. The lowest BCUT2D eigenvalue weighted by molar-refractivity contribution is 0.313. The molecular weight excluding hydrogens is 400 g/mol. The number of nitrogens with one attached hydrogen (secondary N) is 1. The molecule has 8 nitrogen and oxygen atoms in total. The molecule has 0 amide bonds. The first-order valence-electron chi connectivity index (χ1n) is 10.8. The normalized spacial score (nSPS) is 15.1. The summed E-state index contributed by atoms with van der Waals surface area (Å²) in [5.74, 6) is 0.612. The molecule has 4 aromatic heterocycles. The molecule has 0 saturated carbocycles. The number of pyridine rings is 1. The molecule has 0 spiro atoms. The molecule has 5 heterocycles. The third-order valence-corrected chi connectivity index (χ3v) is 6.20. The van der Waals surface area contributed by atoms with Crippen molar-refractivity contribution in [2.24, 2.45) is 7.05 Å². The number of H-pyrrole nitrogens is 1. The largest absolute Gasteiger partial charge is 0.369 e. The first kappa shape index (κ1) is 18.9. The predicted octanol–water partition coefficient (Wildman–Crippen LogP) is 3.33. The van der Waals surface area contributed by atoms with Crippen molar-refractivity contribution in [1.82, 2.24) is 34.6 Å². The van der Waals surface area contributed by atoms with E-state index in [9.17, 15) is 0 Å². The van der Waals surface area contributed by atoms with Gasteiger partial charge in [-0.15, -0.1) is 0 Å². The number of nitrogens with zero attached hydrogens (tertiary/aromatic N) is 7. The van der Waals surface area contributed by atoms with Gasteiger partial charge >= 0.3 is 0 Å². The summed E-state index contributed by atoms with van der Waals surface area (Å²) in [4.78, 5) is 22.1. The van der Waals surface area contributed by atoms with E-state index in [1.165, 1.54) is 5.69 Å². The number of benzene rings is 1. The standard InChI is InChI=1S/C24H24N8/c1-30-9-11-32(12-10-30)18-5-3-16(4-6-18)17-13-19-22-21(27-23(19)25-14-17)15-26-24(28-22)20-7-8-31(2)29-20/h3-8,13-15H,9-12H2,1-2H3,(H,25,27). The number of fused-ring (bicyclic) bond motifs is 3. The molecule has 0 bridgehead atoms. The number of hydrogen-bond donors (Lipinski definition) is 1. The van der Waals surface area contributed by atoms with Gasteiger partial charge < -0.3 is 14.8 Å². The number of piperazine rings is 1. The van der Waals surface area contributed by atoms with Crippen LogP contribution in [0.3, 0.4) is 0 Å². The van der Waals surface area contributed by atoms with Crippen LogP contribution in [0.25, 0.3) is 44.7 Å². The smallest absolute Gasteiger partial charge is 0.180 e. The average molecular weight is 425 g/mol. The van der Waals surface area contributed by atoms with E-state index < -0.39 is 0 Å². The molecule has 1 fully saturated rings. The van der Waals surface area contributed by atoms with Gasteiger partial charge in [0.25, 0.3) is 0 Å². The van der Waals surface area contributed by atoms with Crippen molar-refractivity contribution < 1.29 is 0 Å². The van der Waals surface area contributed by atoms with E-state index >= 15 is 0 Å². The topological polar surface area (TPSA) is 78.8 Å². The first-order valence-corrected chi connectivity index (χ1v) is 10.8.